The summed E-state index contributed by atoms with van der Waals surface area (Å²) in [4.78, 5) is 25.3. The van der Waals surface area contributed by atoms with Crippen LogP contribution in [0.1, 0.15) is 28.4 Å². The van der Waals surface area contributed by atoms with E-state index in [4.69, 9.17) is 9.78 Å². The van der Waals surface area contributed by atoms with Crippen molar-refractivity contribution in [2.75, 3.05) is 0 Å². The van der Waals surface area contributed by atoms with Crippen LogP contribution >= 0.6 is 0 Å². The molecule has 0 amide bonds. The molecule has 25 heavy (non-hydrogen) atoms. The summed E-state index contributed by atoms with van der Waals surface area (Å²) in [6.07, 6.45) is 0.454. The van der Waals surface area contributed by atoms with E-state index < -0.39 is 12.0 Å². The minimum atomic E-state index is -0.846. The molecule has 3 heterocycles. The SMILES string of the molecule is O=C(O)[C@@H]1Cc2c([nH]c3ccccc23)[C@H](c2ccc3c(c2)OOC3)N1. The van der Waals surface area contributed by atoms with E-state index in [9.17, 15) is 9.90 Å². The number of hydrogen-bond acceptors (Lipinski definition) is 4. The number of H-pyrrole nitrogens is 1. The molecule has 0 aliphatic carbocycles. The summed E-state index contributed by atoms with van der Waals surface area (Å²) in [6.45, 7) is 0.434. The maximum Gasteiger partial charge on any atom is 0.321 e. The van der Waals surface area contributed by atoms with Crippen molar-refractivity contribution in [3.8, 4) is 5.75 Å². The number of aromatic amines is 1. The molecule has 2 aliphatic rings. The number of carboxylic acids is 1. The number of nitrogens with one attached hydrogen (secondary N) is 2. The van der Waals surface area contributed by atoms with E-state index in [1.54, 1.807) is 0 Å². The zero-order valence-electron chi connectivity index (χ0n) is 13.3. The first-order chi connectivity index (χ1) is 12.2. The predicted molar refractivity (Wildman–Crippen MR) is 90.3 cm³/mol. The highest BCUT2D eigenvalue weighted by Crippen LogP contribution is 2.37. The molecule has 126 valence electrons. The number of hydrogen-bond donors (Lipinski definition) is 3. The molecule has 2 atom stereocenters. The third-order valence-corrected chi connectivity index (χ3v) is 5.00. The normalized spacial score (nSPS) is 21.6. The van der Waals surface area contributed by atoms with Crippen molar-refractivity contribution in [3.63, 3.8) is 0 Å². The molecule has 0 saturated heterocycles. The summed E-state index contributed by atoms with van der Waals surface area (Å²) >= 11 is 0. The van der Waals surface area contributed by atoms with Gasteiger partial charge in [-0.25, -0.2) is 0 Å². The Kier molecular flexibility index (Phi) is 3.10. The molecule has 2 aliphatic heterocycles. The van der Waals surface area contributed by atoms with Gasteiger partial charge in [0.2, 0.25) is 0 Å². The van der Waals surface area contributed by atoms with Crippen molar-refractivity contribution in [1.29, 1.82) is 0 Å². The standard InChI is InChI=1S/C19H16N2O4/c22-19(23)15-8-13-12-3-1-2-4-14(12)20-18(13)17(21-15)10-5-6-11-9-24-25-16(11)7-10/h1-7,15,17,20-21H,8-9H2,(H,22,23)/t15-,17-/m0/s1. The van der Waals surface area contributed by atoms with Crippen LogP contribution in [0.15, 0.2) is 42.5 Å². The van der Waals surface area contributed by atoms with Crippen LogP contribution in [0.3, 0.4) is 0 Å². The number of carboxylic acid groups (broad SMARTS) is 1. The fourth-order valence-corrected chi connectivity index (χ4v) is 3.76. The molecular formula is C19H16N2O4. The third kappa shape index (κ3) is 2.22. The maximum absolute atomic E-state index is 11.7. The van der Waals surface area contributed by atoms with Crippen LogP contribution in [0.2, 0.25) is 0 Å². The molecule has 0 bridgehead atoms. The highest BCUT2D eigenvalue weighted by molar-refractivity contribution is 5.87. The van der Waals surface area contributed by atoms with Crippen LogP contribution in [-0.2, 0) is 22.7 Å². The summed E-state index contributed by atoms with van der Waals surface area (Å²) in [5, 5.41) is 13.9. The molecule has 0 saturated carbocycles. The first-order valence-corrected chi connectivity index (χ1v) is 8.21. The second-order valence-electron chi connectivity index (χ2n) is 6.47. The fraction of sp³-hybridized carbons (Fsp3) is 0.211. The van der Waals surface area contributed by atoms with E-state index in [1.807, 2.05) is 42.5 Å². The van der Waals surface area contributed by atoms with Crippen molar-refractivity contribution in [2.45, 2.75) is 25.1 Å². The van der Waals surface area contributed by atoms with E-state index in [0.717, 1.165) is 33.3 Å². The van der Waals surface area contributed by atoms with Gasteiger partial charge in [0.15, 0.2) is 5.75 Å². The maximum atomic E-state index is 11.7. The lowest BCUT2D eigenvalue weighted by Crippen LogP contribution is -2.44. The monoisotopic (exact) mass is 336 g/mol. The third-order valence-electron chi connectivity index (χ3n) is 5.00. The molecular weight excluding hydrogens is 320 g/mol. The molecule has 6 heteroatoms. The summed E-state index contributed by atoms with van der Waals surface area (Å²) in [5.41, 5.74) is 5.03. The number of carbonyl (C=O) groups is 1. The van der Waals surface area contributed by atoms with Gasteiger partial charge < -0.3 is 15.0 Å². The molecule has 0 fully saturated rings. The second kappa shape index (κ2) is 5.34. The quantitative estimate of drug-likeness (QED) is 0.627. The molecule has 0 radical (unpaired) electrons. The van der Waals surface area contributed by atoms with Crippen LogP contribution in [0, 0.1) is 0 Å². The van der Waals surface area contributed by atoms with E-state index in [0.29, 0.717) is 18.8 Å². The first-order valence-electron chi connectivity index (χ1n) is 8.21. The molecule has 2 aromatic carbocycles. The van der Waals surface area contributed by atoms with Gasteiger partial charge in [0.05, 0.1) is 6.04 Å². The Hall–Kier alpha value is -2.83. The van der Waals surface area contributed by atoms with E-state index in [2.05, 4.69) is 10.3 Å². The first kappa shape index (κ1) is 14.5. The lowest BCUT2D eigenvalue weighted by Gasteiger charge is -2.29. The lowest BCUT2D eigenvalue weighted by atomic mass is 9.90. The largest absolute Gasteiger partial charge is 0.480 e. The van der Waals surface area contributed by atoms with E-state index in [1.165, 1.54) is 0 Å². The van der Waals surface area contributed by atoms with Gasteiger partial charge in [0, 0.05) is 28.6 Å². The van der Waals surface area contributed by atoms with Gasteiger partial charge in [-0.05, 0) is 23.3 Å². The Bertz CT molecular complexity index is 994. The molecule has 3 N–H and O–H groups in total. The van der Waals surface area contributed by atoms with Gasteiger partial charge in [-0.15, -0.1) is 0 Å². The van der Waals surface area contributed by atoms with Crippen molar-refractivity contribution in [3.05, 3.63) is 64.8 Å². The molecule has 1 aromatic heterocycles. The van der Waals surface area contributed by atoms with Gasteiger partial charge >= 0.3 is 5.97 Å². The Labute approximate surface area is 143 Å². The van der Waals surface area contributed by atoms with Crippen molar-refractivity contribution < 1.29 is 19.7 Å². The van der Waals surface area contributed by atoms with Crippen molar-refractivity contribution >= 4 is 16.9 Å². The van der Waals surface area contributed by atoms with E-state index in [-0.39, 0.29) is 6.04 Å². The number of benzene rings is 2. The smallest absolute Gasteiger partial charge is 0.321 e. The lowest BCUT2D eigenvalue weighted by molar-refractivity contribution is -0.194. The Morgan fingerprint density at radius 1 is 1.20 bits per heavy atom. The Morgan fingerprint density at radius 2 is 2.08 bits per heavy atom. The van der Waals surface area contributed by atoms with Gasteiger partial charge in [-0.2, -0.15) is 4.89 Å². The topological polar surface area (TPSA) is 83.6 Å². The molecule has 6 nitrogen and oxygen atoms in total. The number of aliphatic carboxylic acids is 1. The van der Waals surface area contributed by atoms with Crippen molar-refractivity contribution in [2.24, 2.45) is 0 Å². The van der Waals surface area contributed by atoms with Crippen LogP contribution < -0.4 is 10.2 Å². The Morgan fingerprint density at radius 3 is 2.96 bits per heavy atom. The van der Waals surface area contributed by atoms with Gasteiger partial charge in [-0.3, -0.25) is 10.1 Å². The minimum Gasteiger partial charge on any atom is -0.480 e. The van der Waals surface area contributed by atoms with Crippen LogP contribution in [0.4, 0.5) is 0 Å². The fourth-order valence-electron chi connectivity index (χ4n) is 3.76. The summed E-state index contributed by atoms with van der Waals surface area (Å²) in [7, 11) is 0. The molecule has 0 spiro atoms. The molecule has 0 unspecified atom stereocenters. The number of fused-ring (bicyclic) bond motifs is 4. The van der Waals surface area contributed by atoms with Gasteiger partial charge in [0.25, 0.3) is 0 Å². The predicted octanol–water partition coefficient (Wildman–Crippen LogP) is 2.68. The van der Waals surface area contributed by atoms with Crippen LogP contribution in [0.5, 0.6) is 5.75 Å². The summed E-state index contributed by atoms with van der Waals surface area (Å²) in [6, 6.07) is 13.0. The summed E-state index contributed by atoms with van der Waals surface area (Å²) < 4.78 is 0. The van der Waals surface area contributed by atoms with Crippen LogP contribution in [-0.4, -0.2) is 22.1 Å². The zero-order valence-corrected chi connectivity index (χ0v) is 13.3. The number of para-hydroxylation sites is 1. The van der Waals surface area contributed by atoms with Gasteiger partial charge in [-0.1, -0.05) is 30.3 Å². The average Bonchev–Trinajstić information content (AvgIpc) is 3.24. The Balaban J connectivity index is 1.67. The molecule has 5 rings (SSSR count). The number of rotatable bonds is 2. The van der Waals surface area contributed by atoms with E-state index >= 15 is 0 Å². The second-order valence-corrected chi connectivity index (χ2v) is 6.47. The minimum absolute atomic E-state index is 0.244. The average molecular weight is 336 g/mol. The summed E-state index contributed by atoms with van der Waals surface area (Å²) in [5.74, 6) is -0.156. The highest BCUT2D eigenvalue weighted by atomic mass is 17.2. The molecule has 3 aromatic rings. The zero-order chi connectivity index (χ0) is 17.0. The van der Waals surface area contributed by atoms with Gasteiger partial charge in [0.1, 0.15) is 12.6 Å². The highest BCUT2D eigenvalue weighted by Gasteiger charge is 2.34. The van der Waals surface area contributed by atoms with Crippen molar-refractivity contribution in [1.82, 2.24) is 10.3 Å². The van der Waals surface area contributed by atoms with Crippen LogP contribution in [0.25, 0.3) is 10.9 Å². The number of aromatic nitrogens is 1.